The minimum absolute atomic E-state index is 0.00360. The highest BCUT2D eigenvalue weighted by atomic mass is 32.2. The summed E-state index contributed by atoms with van der Waals surface area (Å²) in [5.74, 6) is 1.59. The van der Waals surface area contributed by atoms with Crippen molar-refractivity contribution >= 4 is 17.7 Å². The molecular formula is C17H26N2O3S. The van der Waals surface area contributed by atoms with Crippen LogP contribution in [0, 0.1) is 6.92 Å². The average molecular weight is 338 g/mol. The Morgan fingerprint density at radius 3 is 2.65 bits per heavy atom. The van der Waals surface area contributed by atoms with Gasteiger partial charge in [-0.2, -0.15) is 11.8 Å². The number of amides is 1. The summed E-state index contributed by atoms with van der Waals surface area (Å²) < 4.78 is 5.57. The van der Waals surface area contributed by atoms with Crippen LogP contribution in [0.3, 0.4) is 0 Å². The molecule has 6 heteroatoms. The summed E-state index contributed by atoms with van der Waals surface area (Å²) in [6.07, 6.45) is 0.997. The first-order chi connectivity index (χ1) is 11.1. The first-order valence-electron chi connectivity index (χ1n) is 7.98. The van der Waals surface area contributed by atoms with E-state index in [0.29, 0.717) is 18.8 Å². The van der Waals surface area contributed by atoms with Crippen LogP contribution in [0.5, 0.6) is 5.75 Å². The summed E-state index contributed by atoms with van der Waals surface area (Å²) in [5.41, 5.74) is 0.995. The second kappa shape index (κ2) is 9.15. The van der Waals surface area contributed by atoms with E-state index in [4.69, 9.17) is 4.74 Å². The lowest BCUT2D eigenvalue weighted by Crippen LogP contribution is -2.52. The SMILES string of the molecule is CSCCN1CCN(C(=O)[C@@H](O)COc2ccccc2C)CC1. The largest absolute Gasteiger partial charge is 0.490 e. The van der Waals surface area contributed by atoms with Gasteiger partial charge in [-0.15, -0.1) is 0 Å². The Kier molecular flexibility index (Phi) is 7.20. The van der Waals surface area contributed by atoms with Crippen LogP contribution in [0.2, 0.25) is 0 Å². The van der Waals surface area contributed by atoms with E-state index >= 15 is 0 Å². The van der Waals surface area contributed by atoms with Gasteiger partial charge in [-0.25, -0.2) is 0 Å². The van der Waals surface area contributed by atoms with Gasteiger partial charge in [0.05, 0.1) is 0 Å². The first-order valence-corrected chi connectivity index (χ1v) is 9.37. The number of benzene rings is 1. The molecule has 0 bridgehead atoms. The van der Waals surface area contributed by atoms with Gasteiger partial charge in [0.2, 0.25) is 0 Å². The van der Waals surface area contributed by atoms with E-state index in [1.54, 1.807) is 4.90 Å². The third kappa shape index (κ3) is 5.41. The van der Waals surface area contributed by atoms with E-state index in [-0.39, 0.29) is 12.5 Å². The number of hydrogen-bond donors (Lipinski definition) is 1. The van der Waals surface area contributed by atoms with Crippen LogP contribution in [0.1, 0.15) is 5.56 Å². The fourth-order valence-corrected chi connectivity index (χ4v) is 3.02. The number of ether oxygens (including phenoxy) is 1. The number of nitrogens with zero attached hydrogens (tertiary/aromatic N) is 2. The van der Waals surface area contributed by atoms with Crippen LogP contribution in [-0.4, -0.2) is 78.3 Å². The van der Waals surface area contributed by atoms with Crippen molar-refractivity contribution < 1.29 is 14.6 Å². The van der Waals surface area contributed by atoms with E-state index in [9.17, 15) is 9.90 Å². The van der Waals surface area contributed by atoms with Crippen LogP contribution >= 0.6 is 11.8 Å². The maximum atomic E-state index is 12.3. The van der Waals surface area contributed by atoms with E-state index in [1.807, 2.05) is 43.0 Å². The van der Waals surface area contributed by atoms with Crippen molar-refractivity contribution in [1.82, 2.24) is 9.80 Å². The summed E-state index contributed by atoms with van der Waals surface area (Å²) in [6, 6.07) is 7.60. The molecule has 1 fully saturated rings. The Bertz CT molecular complexity index is 504. The van der Waals surface area contributed by atoms with Gasteiger partial charge < -0.3 is 14.7 Å². The second-order valence-electron chi connectivity index (χ2n) is 5.75. The maximum Gasteiger partial charge on any atom is 0.255 e. The number of aliphatic hydroxyl groups excluding tert-OH is 1. The number of aliphatic hydroxyl groups is 1. The van der Waals surface area contributed by atoms with Crippen molar-refractivity contribution in [3.63, 3.8) is 0 Å². The molecule has 0 radical (unpaired) electrons. The Morgan fingerprint density at radius 2 is 2.00 bits per heavy atom. The molecule has 1 aromatic carbocycles. The van der Waals surface area contributed by atoms with Gasteiger partial charge in [0.1, 0.15) is 12.4 Å². The number of para-hydroxylation sites is 1. The van der Waals surface area contributed by atoms with E-state index in [2.05, 4.69) is 11.2 Å². The molecule has 0 unspecified atom stereocenters. The van der Waals surface area contributed by atoms with Crippen LogP contribution in [0.4, 0.5) is 0 Å². The highest BCUT2D eigenvalue weighted by Gasteiger charge is 2.26. The van der Waals surface area contributed by atoms with Gasteiger partial charge in [-0.3, -0.25) is 9.69 Å². The minimum atomic E-state index is -1.10. The molecular weight excluding hydrogens is 312 g/mol. The Labute approximate surface area is 142 Å². The van der Waals surface area contributed by atoms with Crippen molar-refractivity contribution in [3.8, 4) is 5.75 Å². The highest BCUT2D eigenvalue weighted by molar-refractivity contribution is 7.98. The number of aryl methyl sites for hydroxylation is 1. The summed E-state index contributed by atoms with van der Waals surface area (Å²) in [7, 11) is 0. The molecule has 0 aromatic heterocycles. The zero-order chi connectivity index (χ0) is 16.7. The summed E-state index contributed by atoms with van der Waals surface area (Å²) in [4.78, 5) is 16.4. The van der Waals surface area contributed by atoms with Crippen molar-refractivity contribution in [2.45, 2.75) is 13.0 Å². The van der Waals surface area contributed by atoms with Crippen molar-refractivity contribution in [2.24, 2.45) is 0 Å². The minimum Gasteiger partial charge on any atom is -0.490 e. The van der Waals surface area contributed by atoms with Crippen LogP contribution in [0.15, 0.2) is 24.3 Å². The highest BCUT2D eigenvalue weighted by Crippen LogP contribution is 2.16. The Balaban J connectivity index is 1.76. The van der Waals surface area contributed by atoms with E-state index in [1.165, 1.54) is 0 Å². The monoisotopic (exact) mass is 338 g/mol. The van der Waals surface area contributed by atoms with Gasteiger partial charge in [0, 0.05) is 38.5 Å². The number of hydrogen-bond acceptors (Lipinski definition) is 5. The molecule has 2 rings (SSSR count). The standard InChI is InChI=1S/C17H26N2O3S/c1-14-5-3-4-6-16(14)22-13-15(20)17(21)19-9-7-18(8-10-19)11-12-23-2/h3-6,15,20H,7-13H2,1-2H3/t15-/m0/s1. The molecule has 0 spiro atoms. The lowest BCUT2D eigenvalue weighted by molar-refractivity contribution is -0.143. The number of thioether (sulfide) groups is 1. The molecule has 23 heavy (non-hydrogen) atoms. The summed E-state index contributed by atoms with van der Waals surface area (Å²) >= 11 is 1.83. The van der Waals surface area contributed by atoms with E-state index < -0.39 is 6.10 Å². The normalized spacial score (nSPS) is 17.1. The molecule has 1 aliphatic rings. The lowest BCUT2D eigenvalue weighted by atomic mass is 10.2. The molecule has 0 saturated carbocycles. The topological polar surface area (TPSA) is 53.0 Å². The number of piperazine rings is 1. The zero-order valence-corrected chi connectivity index (χ0v) is 14.7. The molecule has 1 aromatic rings. The molecule has 0 aliphatic carbocycles. The van der Waals surface area contributed by atoms with Gasteiger partial charge in [0.15, 0.2) is 6.10 Å². The maximum absolute atomic E-state index is 12.3. The quantitative estimate of drug-likeness (QED) is 0.811. The molecule has 5 nitrogen and oxygen atoms in total. The van der Waals surface area contributed by atoms with Gasteiger partial charge in [0.25, 0.3) is 5.91 Å². The van der Waals surface area contributed by atoms with Gasteiger partial charge in [-0.05, 0) is 24.8 Å². The van der Waals surface area contributed by atoms with Crippen LogP contribution in [0.25, 0.3) is 0 Å². The van der Waals surface area contributed by atoms with Crippen LogP contribution < -0.4 is 4.74 Å². The lowest BCUT2D eigenvalue weighted by Gasteiger charge is -2.35. The van der Waals surface area contributed by atoms with Crippen molar-refractivity contribution in [2.75, 3.05) is 51.3 Å². The van der Waals surface area contributed by atoms with Crippen molar-refractivity contribution in [3.05, 3.63) is 29.8 Å². The van der Waals surface area contributed by atoms with Crippen LogP contribution in [-0.2, 0) is 4.79 Å². The third-order valence-corrected chi connectivity index (χ3v) is 4.66. The second-order valence-corrected chi connectivity index (χ2v) is 6.74. The summed E-state index contributed by atoms with van der Waals surface area (Å²) in [5, 5.41) is 10.1. The molecule has 1 heterocycles. The number of rotatable bonds is 7. The summed E-state index contributed by atoms with van der Waals surface area (Å²) in [6.45, 7) is 6.09. The smallest absolute Gasteiger partial charge is 0.255 e. The molecule has 128 valence electrons. The molecule has 1 saturated heterocycles. The van der Waals surface area contributed by atoms with Gasteiger partial charge >= 0.3 is 0 Å². The number of carbonyl (C=O) groups is 1. The average Bonchev–Trinajstić information content (AvgIpc) is 2.59. The first kappa shape index (κ1) is 18.1. The predicted octanol–water partition coefficient (Wildman–Crippen LogP) is 1.24. The molecule has 1 aliphatic heterocycles. The van der Waals surface area contributed by atoms with E-state index in [0.717, 1.165) is 31.0 Å². The van der Waals surface area contributed by atoms with Crippen molar-refractivity contribution in [1.29, 1.82) is 0 Å². The Morgan fingerprint density at radius 1 is 1.30 bits per heavy atom. The zero-order valence-electron chi connectivity index (χ0n) is 13.9. The Hall–Kier alpha value is -1.24. The third-order valence-electron chi connectivity index (χ3n) is 4.07. The fraction of sp³-hybridized carbons (Fsp3) is 0.588. The fourth-order valence-electron chi connectivity index (χ4n) is 2.58. The molecule has 1 N–H and O–H groups in total. The number of carbonyl (C=O) groups excluding carboxylic acids is 1. The molecule has 1 amide bonds. The van der Waals surface area contributed by atoms with Gasteiger partial charge in [-0.1, -0.05) is 18.2 Å². The predicted molar refractivity (Wildman–Crippen MR) is 94.1 cm³/mol. The molecule has 1 atom stereocenters.